The molecule has 0 aromatic heterocycles. The number of rotatable bonds is 3. The molecule has 2 amide bonds. The Balaban J connectivity index is 1.64. The van der Waals surface area contributed by atoms with Crippen LogP contribution in [0.15, 0.2) is 0 Å². The summed E-state index contributed by atoms with van der Waals surface area (Å²) in [7, 11) is 1.67. The SMILES string of the molecule is COCCNC(=O)N1CC2CC3CC(C2)CC1C3. The Bertz CT molecular complexity index is 307. The molecule has 102 valence electrons. The first-order valence-corrected chi connectivity index (χ1v) is 7.29. The molecule has 4 nitrogen and oxygen atoms in total. The molecule has 4 aliphatic rings. The van der Waals surface area contributed by atoms with Crippen LogP contribution < -0.4 is 5.32 Å². The van der Waals surface area contributed by atoms with E-state index in [2.05, 4.69) is 10.2 Å². The highest BCUT2D eigenvalue weighted by Gasteiger charge is 2.43. The fourth-order valence-corrected chi connectivity index (χ4v) is 4.39. The zero-order valence-electron chi connectivity index (χ0n) is 11.2. The number of amides is 2. The van der Waals surface area contributed by atoms with Crippen LogP contribution in [0.2, 0.25) is 0 Å². The summed E-state index contributed by atoms with van der Waals surface area (Å²) < 4.78 is 4.98. The van der Waals surface area contributed by atoms with Crippen LogP contribution in [0.1, 0.15) is 32.1 Å². The summed E-state index contributed by atoms with van der Waals surface area (Å²) in [6, 6.07) is 0.633. The third-order valence-electron chi connectivity index (χ3n) is 4.95. The first kappa shape index (κ1) is 12.3. The molecule has 1 N–H and O–H groups in total. The number of urea groups is 1. The van der Waals surface area contributed by atoms with E-state index < -0.39 is 0 Å². The van der Waals surface area contributed by atoms with Crippen molar-refractivity contribution in [3.05, 3.63) is 0 Å². The van der Waals surface area contributed by atoms with Crippen molar-refractivity contribution in [3.8, 4) is 0 Å². The van der Waals surface area contributed by atoms with E-state index >= 15 is 0 Å². The van der Waals surface area contributed by atoms with Gasteiger partial charge in [0, 0.05) is 26.2 Å². The lowest BCUT2D eigenvalue weighted by Gasteiger charge is -2.38. The van der Waals surface area contributed by atoms with Crippen molar-refractivity contribution in [2.45, 2.75) is 38.1 Å². The maximum absolute atomic E-state index is 12.2. The largest absolute Gasteiger partial charge is 0.383 e. The highest BCUT2D eigenvalue weighted by atomic mass is 16.5. The number of fused-ring (bicyclic) bond motifs is 1. The molecule has 0 aromatic carbocycles. The van der Waals surface area contributed by atoms with Gasteiger partial charge in [0.15, 0.2) is 0 Å². The zero-order chi connectivity index (χ0) is 12.5. The predicted octanol–water partition coefficient (Wildman–Crippen LogP) is 1.85. The molecule has 2 saturated heterocycles. The second-order valence-electron chi connectivity index (χ2n) is 6.31. The van der Waals surface area contributed by atoms with Crippen molar-refractivity contribution in [2.24, 2.45) is 17.8 Å². The van der Waals surface area contributed by atoms with E-state index in [0.29, 0.717) is 19.2 Å². The van der Waals surface area contributed by atoms with E-state index in [1.165, 1.54) is 32.1 Å². The Morgan fingerprint density at radius 1 is 1.17 bits per heavy atom. The second-order valence-corrected chi connectivity index (χ2v) is 6.31. The van der Waals surface area contributed by atoms with Crippen LogP contribution in [0, 0.1) is 17.8 Å². The molecule has 4 bridgehead atoms. The second kappa shape index (κ2) is 5.08. The lowest BCUT2D eigenvalue weighted by Crippen LogP contribution is -2.47. The van der Waals surface area contributed by atoms with Crippen molar-refractivity contribution in [2.75, 3.05) is 26.8 Å². The van der Waals surface area contributed by atoms with Crippen molar-refractivity contribution in [1.82, 2.24) is 10.2 Å². The minimum absolute atomic E-state index is 0.130. The highest BCUT2D eigenvalue weighted by Crippen LogP contribution is 2.47. The van der Waals surface area contributed by atoms with Gasteiger partial charge in [-0.1, -0.05) is 0 Å². The van der Waals surface area contributed by atoms with E-state index in [-0.39, 0.29) is 6.03 Å². The Kier molecular flexibility index (Phi) is 3.46. The van der Waals surface area contributed by atoms with Gasteiger partial charge < -0.3 is 15.0 Å². The van der Waals surface area contributed by atoms with Gasteiger partial charge in [0.1, 0.15) is 0 Å². The number of carbonyl (C=O) groups is 1. The number of nitrogens with one attached hydrogen (secondary N) is 1. The van der Waals surface area contributed by atoms with E-state index in [1.54, 1.807) is 7.11 Å². The molecule has 4 heteroatoms. The van der Waals surface area contributed by atoms with Crippen molar-refractivity contribution >= 4 is 6.03 Å². The number of nitrogens with zero attached hydrogens (tertiary/aromatic N) is 1. The summed E-state index contributed by atoms with van der Waals surface area (Å²) in [5.74, 6) is 2.54. The third kappa shape index (κ3) is 2.35. The summed E-state index contributed by atoms with van der Waals surface area (Å²) in [6.07, 6.45) is 6.62. The Morgan fingerprint density at radius 3 is 2.50 bits per heavy atom. The molecule has 0 aromatic rings. The molecule has 2 unspecified atom stereocenters. The molecule has 0 spiro atoms. The van der Waals surface area contributed by atoms with E-state index in [0.717, 1.165) is 24.3 Å². The van der Waals surface area contributed by atoms with Crippen LogP contribution in [0.4, 0.5) is 4.79 Å². The van der Waals surface area contributed by atoms with Crippen LogP contribution in [0.5, 0.6) is 0 Å². The quantitative estimate of drug-likeness (QED) is 0.779. The van der Waals surface area contributed by atoms with Crippen LogP contribution >= 0.6 is 0 Å². The van der Waals surface area contributed by atoms with Gasteiger partial charge in [-0.25, -0.2) is 4.79 Å². The summed E-state index contributed by atoms with van der Waals surface area (Å²) in [4.78, 5) is 14.4. The standard InChI is InChI=1S/C14H24N2O2/c1-18-3-2-15-14(17)16-9-12-5-10-4-11(6-12)8-13(16)7-10/h10-13H,2-9H2,1H3,(H,15,17). The van der Waals surface area contributed by atoms with E-state index in [4.69, 9.17) is 4.74 Å². The molecular formula is C14H24N2O2. The topological polar surface area (TPSA) is 41.6 Å². The minimum atomic E-state index is 0.130. The molecule has 4 rings (SSSR count). The molecule has 2 aliphatic heterocycles. The van der Waals surface area contributed by atoms with Gasteiger partial charge >= 0.3 is 6.03 Å². The summed E-state index contributed by atoms with van der Waals surface area (Å²) in [5.41, 5.74) is 0. The fourth-order valence-electron chi connectivity index (χ4n) is 4.39. The lowest BCUT2D eigenvalue weighted by molar-refractivity contribution is 0.130. The molecule has 2 aliphatic carbocycles. The van der Waals surface area contributed by atoms with Gasteiger partial charge in [-0.05, 0) is 49.9 Å². The smallest absolute Gasteiger partial charge is 0.317 e. The molecule has 2 saturated carbocycles. The van der Waals surface area contributed by atoms with Gasteiger partial charge in [0.25, 0.3) is 0 Å². The number of hydrogen-bond donors (Lipinski definition) is 1. The molecule has 0 radical (unpaired) electrons. The number of hydrogen-bond acceptors (Lipinski definition) is 2. The molecule has 2 atom stereocenters. The van der Waals surface area contributed by atoms with Gasteiger partial charge in [-0.15, -0.1) is 0 Å². The van der Waals surface area contributed by atoms with Gasteiger partial charge in [0.2, 0.25) is 0 Å². The summed E-state index contributed by atoms with van der Waals surface area (Å²) >= 11 is 0. The Labute approximate surface area is 109 Å². The summed E-state index contributed by atoms with van der Waals surface area (Å²) in [5, 5.41) is 2.99. The Hall–Kier alpha value is -0.770. The maximum Gasteiger partial charge on any atom is 0.317 e. The molecule has 18 heavy (non-hydrogen) atoms. The average molecular weight is 252 g/mol. The van der Waals surface area contributed by atoms with E-state index in [1.807, 2.05) is 0 Å². The maximum atomic E-state index is 12.2. The Morgan fingerprint density at radius 2 is 1.83 bits per heavy atom. The van der Waals surface area contributed by atoms with Crippen molar-refractivity contribution < 1.29 is 9.53 Å². The van der Waals surface area contributed by atoms with Crippen molar-refractivity contribution in [1.29, 1.82) is 0 Å². The number of ether oxygens (including phenoxy) is 1. The molecule has 2 heterocycles. The molecular weight excluding hydrogens is 228 g/mol. The number of methoxy groups -OCH3 is 1. The first-order valence-electron chi connectivity index (χ1n) is 7.29. The van der Waals surface area contributed by atoms with E-state index in [9.17, 15) is 4.79 Å². The van der Waals surface area contributed by atoms with Gasteiger partial charge in [0.05, 0.1) is 6.61 Å². The molecule has 4 fully saturated rings. The monoisotopic (exact) mass is 252 g/mol. The lowest BCUT2D eigenvalue weighted by atomic mass is 9.68. The van der Waals surface area contributed by atoms with Crippen LogP contribution in [-0.2, 0) is 4.74 Å². The number of carbonyl (C=O) groups excluding carboxylic acids is 1. The first-order chi connectivity index (χ1) is 8.76. The van der Waals surface area contributed by atoms with Crippen LogP contribution in [-0.4, -0.2) is 43.8 Å². The van der Waals surface area contributed by atoms with Crippen LogP contribution in [0.25, 0.3) is 0 Å². The fraction of sp³-hybridized carbons (Fsp3) is 0.929. The predicted molar refractivity (Wildman–Crippen MR) is 69.3 cm³/mol. The van der Waals surface area contributed by atoms with Crippen LogP contribution in [0.3, 0.4) is 0 Å². The summed E-state index contributed by atoms with van der Waals surface area (Å²) in [6.45, 7) is 2.20. The van der Waals surface area contributed by atoms with Gasteiger partial charge in [-0.2, -0.15) is 0 Å². The average Bonchev–Trinajstić information content (AvgIpc) is 2.53. The highest BCUT2D eigenvalue weighted by molar-refractivity contribution is 5.74. The van der Waals surface area contributed by atoms with Gasteiger partial charge in [-0.3, -0.25) is 0 Å². The zero-order valence-corrected chi connectivity index (χ0v) is 11.2. The van der Waals surface area contributed by atoms with Crippen molar-refractivity contribution in [3.63, 3.8) is 0 Å². The minimum Gasteiger partial charge on any atom is -0.383 e. The third-order valence-corrected chi connectivity index (χ3v) is 4.95. The normalized spacial score (nSPS) is 37.7.